The molecule has 1 unspecified atom stereocenters. The molecular formula is C21H37NOS. The molecule has 3 heteroatoms. The SMILES string of the molecule is C[C@@H](CO)CC(N)c1ccc(CCCCCCC2CCCCC2)s1. The van der Waals surface area contributed by atoms with Crippen molar-refractivity contribution in [1.29, 1.82) is 0 Å². The van der Waals surface area contributed by atoms with Crippen molar-refractivity contribution in [3.8, 4) is 0 Å². The second kappa shape index (κ2) is 11.3. The molecule has 3 N–H and O–H groups in total. The summed E-state index contributed by atoms with van der Waals surface area (Å²) in [5.41, 5.74) is 6.25. The van der Waals surface area contributed by atoms with Gasteiger partial charge in [0.15, 0.2) is 0 Å². The Bertz CT molecular complexity index is 439. The Hall–Kier alpha value is -0.380. The van der Waals surface area contributed by atoms with E-state index in [1.807, 2.05) is 11.3 Å². The highest BCUT2D eigenvalue weighted by atomic mass is 32.1. The van der Waals surface area contributed by atoms with Crippen LogP contribution in [0, 0.1) is 11.8 Å². The van der Waals surface area contributed by atoms with Crippen LogP contribution in [0.2, 0.25) is 0 Å². The van der Waals surface area contributed by atoms with Crippen molar-refractivity contribution in [2.24, 2.45) is 17.6 Å². The molecule has 1 aromatic heterocycles. The first-order chi connectivity index (χ1) is 11.7. The highest BCUT2D eigenvalue weighted by Crippen LogP contribution is 2.29. The zero-order valence-corrected chi connectivity index (χ0v) is 16.3. The number of rotatable bonds is 11. The van der Waals surface area contributed by atoms with Crippen LogP contribution >= 0.6 is 11.3 Å². The van der Waals surface area contributed by atoms with Crippen molar-refractivity contribution in [3.05, 3.63) is 21.9 Å². The highest BCUT2D eigenvalue weighted by molar-refractivity contribution is 7.12. The maximum atomic E-state index is 9.15. The van der Waals surface area contributed by atoms with Crippen molar-refractivity contribution in [1.82, 2.24) is 0 Å². The Balaban J connectivity index is 1.56. The molecule has 0 amide bonds. The van der Waals surface area contributed by atoms with Crippen molar-refractivity contribution in [3.63, 3.8) is 0 Å². The summed E-state index contributed by atoms with van der Waals surface area (Å²) in [6.45, 7) is 2.29. The van der Waals surface area contributed by atoms with Crippen molar-refractivity contribution < 1.29 is 5.11 Å². The predicted molar refractivity (Wildman–Crippen MR) is 105 cm³/mol. The molecule has 2 nitrogen and oxygen atoms in total. The summed E-state index contributed by atoms with van der Waals surface area (Å²) >= 11 is 1.87. The lowest BCUT2D eigenvalue weighted by molar-refractivity contribution is 0.224. The molecule has 0 spiro atoms. The first kappa shape index (κ1) is 19.9. The van der Waals surface area contributed by atoms with E-state index in [0.29, 0.717) is 0 Å². The average molecular weight is 352 g/mol. The van der Waals surface area contributed by atoms with E-state index in [2.05, 4.69) is 19.1 Å². The van der Waals surface area contributed by atoms with Crippen LogP contribution in [0.15, 0.2) is 12.1 Å². The van der Waals surface area contributed by atoms with Gasteiger partial charge in [-0.3, -0.25) is 0 Å². The van der Waals surface area contributed by atoms with E-state index in [9.17, 15) is 0 Å². The number of hydrogen-bond acceptors (Lipinski definition) is 3. The summed E-state index contributed by atoms with van der Waals surface area (Å²) in [6, 6.07) is 4.53. The van der Waals surface area contributed by atoms with Crippen LogP contribution in [0.4, 0.5) is 0 Å². The molecule has 1 saturated carbocycles. The third kappa shape index (κ3) is 7.25. The Morgan fingerprint density at radius 1 is 1.12 bits per heavy atom. The third-order valence-electron chi connectivity index (χ3n) is 5.53. The third-order valence-corrected chi connectivity index (χ3v) is 6.80. The Morgan fingerprint density at radius 3 is 2.62 bits per heavy atom. The van der Waals surface area contributed by atoms with Gasteiger partial charge >= 0.3 is 0 Å². The fourth-order valence-corrected chi connectivity index (χ4v) is 4.98. The number of aryl methyl sites for hydroxylation is 1. The van der Waals surface area contributed by atoms with Gasteiger partial charge in [0, 0.05) is 22.4 Å². The topological polar surface area (TPSA) is 46.2 Å². The van der Waals surface area contributed by atoms with E-state index in [-0.39, 0.29) is 18.6 Å². The van der Waals surface area contributed by atoms with Gasteiger partial charge < -0.3 is 10.8 Å². The van der Waals surface area contributed by atoms with Gasteiger partial charge in [-0.1, -0.05) is 64.7 Å². The van der Waals surface area contributed by atoms with E-state index in [0.717, 1.165) is 12.3 Å². The van der Waals surface area contributed by atoms with Gasteiger partial charge in [0.25, 0.3) is 0 Å². The van der Waals surface area contributed by atoms with Crippen LogP contribution in [0.3, 0.4) is 0 Å². The van der Waals surface area contributed by atoms with Crippen LogP contribution in [-0.2, 0) is 6.42 Å². The second-order valence-corrected chi connectivity index (χ2v) is 9.09. The van der Waals surface area contributed by atoms with Gasteiger partial charge in [0.1, 0.15) is 0 Å². The normalized spacial score (nSPS) is 18.6. The van der Waals surface area contributed by atoms with E-state index in [1.165, 1.54) is 80.4 Å². The Kier molecular flexibility index (Phi) is 9.37. The number of aliphatic hydroxyl groups is 1. The molecule has 0 radical (unpaired) electrons. The predicted octanol–water partition coefficient (Wildman–Crippen LogP) is 5.84. The van der Waals surface area contributed by atoms with Crippen molar-refractivity contribution in [2.75, 3.05) is 6.61 Å². The number of hydrogen-bond donors (Lipinski definition) is 2. The zero-order chi connectivity index (χ0) is 17.2. The van der Waals surface area contributed by atoms with E-state index in [1.54, 1.807) is 0 Å². The molecule has 1 aromatic rings. The molecule has 2 atom stereocenters. The van der Waals surface area contributed by atoms with Crippen molar-refractivity contribution in [2.45, 2.75) is 90.0 Å². The van der Waals surface area contributed by atoms with Crippen LogP contribution in [0.5, 0.6) is 0 Å². The summed E-state index contributed by atoms with van der Waals surface area (Å²) in [7, 11) is 0. The molecular weight excluding hydrogens is 314 g/mol. The minimum atomic E-state index is 0.0846. The minimum Gasteiger partial charge on any atom is -0.396 e. The lowest BCUT2D eigenvalue weighted by atomic mass is 9.85. The first-order valence-corrected chi connectivity index (χ1v) is 11.0. The second-order valence-electron chi connectivity index (χ2n) is 7.89. The van der Waals surface area contributed by atoms with Gasteiger partial charge in [-0.15, -0.1) is 11.3 Å². The summed E-state index contributed by atoms with van der Waals surface area (Å²) < 4.78 is 0. The molecule has 2 rings (SSSR count). The lowest BCUT2D eigenvalue weighted by Gasteiger charge is -2.21. The molecule has 0 saturated heterocycles. The van der Waals surface area contributed by atoms with E-state index in [4.69, 9.17) is 10.8 Å². The van der Waals surface area contributed by atoms with Gasteiger partial charge in [-0.05, 0) is 43.2 Å². The number of aliphatic hydroxyl groups excluding tert-OH is 1. The molecule has 1 aliphatic rings. The van der Waals surface area contributed by atoms with Crippen molar-refractivity contribution >= 4 is 11.3 Å². The quantitative estimate of drug-likeness (QED) is 0.492. The fraction of sp³-hybridized carbons (Fsp3) is 0.810. The average Bonchev–Trinajstić information content (AvgIpc) is 3.08. The molecule has 138 valence electrons. The van der Waals surface area contributed by atoms with Crippen LogP contribution in [-0.4, -0.2) is 11.7 Å². The smallest absolute Gasteiger partial charge is 0.0457 e. The molecule has 1 fully saturated rings. The summed E-state index contributed by atoms with van der Waals surface area (Å²) in [5.74, 6) is 1.33. The van der Waals surface area contributed by atoms with Gasteiger partial charge in [-0.2, -0.15) is 0 Å². The van der Waals surface area contributed by atoms with Crippen LogP contribution < -0.4 is 5.73 Å². The first-order valence-electron chi connectivity index (χ1n) is 10.1. The summed E-state index contributed by atoms with van der Waals surface area (Å²) in [4.78, 5) is 2.76. The standard InChI is InChI=1S/C21H37NOS/c1-17(16-23)15-20(22)21-14-13-19(24-21)12-8-3-2-5-9-18-10-6-4-7-11-18/h13-14,17-18,20,23H,2-12,15-16,22H2,1H3/t17-,20?/m1/s1. The Labute approximate surface area is 152 Å². The van der Waals surface area contributed by atoms with Gasteiger partial charge in [0.05, 0.1) is 0 Å². The molecule has 1 aliphatic carbocycles. The number of nitrogens with two attached hydrogens (primary N) is 1. The van der Waals surface area contributed by atoms with Crippen LogP contribution in [0.1, 0.15) is 93.3 Å². The largest absolute Gasteiger partial charge is 0.396 e. The van der Waals surface area contributed by atoms with Gasteiger partial charge in [0.2, 0.25) is 0 Å². The van der Waals surface area contributed by atoms with E-state index >= 15 is 0 Å². The van der Waals surface area contributed by atoms with Crippen LogP contribution in [0.25, 0.3) is 0 Å². The highest BCUT2D eigenvalue weighted by Gasteiger charge is 2.14. The lowest BCUT2D eigenvalue weighted by Crippen LogP contribution is -2.14. The monoisotopic (exact) mass is 351 g/mol. The van der Waals surface area contributed by atoms with E-state index < -0.39 is 0 Å². The molecule has 0 aliphatic heterocycles. The fourth-order valence-electron chi connectivity index (χ4n) is 3.91. The number of thiophene rings is 1. The summed E-state index contributed by atoms with van der Waals surface area (Å²) in [5, 5.41) is 9.15. The zero-order valence-electron chi connectivity index (χ0n) is 15.5. The minimum absolute atomic E-state index is 0.0846. The Morgan fingerprint density at radius 2 is 1.88 bits per heavy atom. The maximum Gasteiger partial charge on any atom is 0.0457 e. The van der Waals surface area contributed by atoms with Gasteiger partial charge in [-0.25, -0.2) is 0 Å². The molecule has 0 bridgehead atoms. The summed E-state index contributed by atoms with van der Waals surface area (Å²) in [6.07, 6.45) is 16.5. The molecule has 1 heterocycles. The molecule has 0 aromatic carbocycles. The molecule has 24 heavy (non-hydrogen) atoms. The number of unbranched alkanes of at least 4 members (excludes halogenated alkanes) is 3. The maximum absolute atomic E-state index is 9.15.